The van der Waals surface area contributed by atoms with E-state index in [2.05, 4.69) is 5.10 Å². The lowest BCUT2D eigenvalue weighted by Gasteiger charge is -2.00. The lowest BCUT2D eigenvalue weighted by Crippen LogP contribution is -2.31. The third-order valence-electron chi connectivity index (χ3n) is 1.95. The molecule has 1 aromatic rings. The van der Waals surface area contributed by atoms with Gasteiger partial charge in [0.05, 0.1) is 6.54 Å². The van der Waals surface area contributed by atoms with Gasteiger partial charge in [-0.3, -0.25) is 4.55 Å². The first kappa shape index (κ1) is 14.1. The molecule has 1 rings (SSSR count). The van der Waals surface area contributed by atoms with E-state index in [1.165, 1.54) is 0 Å². The van der Waals surface area contributed by atoms with Gasteiger partial charge in [0, 0.05) is 11.7 Å². The Balaban J connectivity index is 2.80. The Morgan fingerprint density at radius 2 is 2.12 bits per heavy atom. The monoisotopic (exact) mass is 282 g/mol. The molecule has 0 aromatic carbocycles. The van der Waals surface area contributed by atoms with E-state index in [0.717, 1.165) is 9.36 Å². The molecule has 98 valence electrons. The molecule has 8 nitrogen and oxygen atoms in total. The van der Waals surface area contributed by atoms with Gasteiger partial charge in [0.25, 0.3) is 0 Å². The van der Waals surface area contributed by atoms with Crippen molar-refractivity contribution in [3.05, 3.63) is 16.3 Å². The normalized spacial score (nSPS) is 12.2. The Hall–Kier alpha value is -1.00. The van der Waals surface area contributed by atoms with Crippen LogP contribution in [-0.4, -0.2) is 33.2 Å². The number of aryl methyl sites for hydroxylation is 1. The van der Waals surface area contributed by atoms with Gasteiger partial charge in [-0.15, -0.1) is 0 Å². The minimum absolute atomic E-state index is 0.0109. The minimum Gasteiger partial charge on any atom is -0.333 e. The van der Waals surface area contributed by atoms with Crippen LogP contribution in [0.4, 0.5) is 0 Å². The Morgan fingerprint density at radius 3 is 2.53 bits per heavy atom. The highest BCUT2D eigenvalue weighted by atomic mass is 33.1. The van der Waals surface area contributed by atoms with Crippen molar-refractivity contribution < 1.29 is 13.0 Å². The van der Waals surface area contributed by atoms with Crippen LogP contribution in [0, 0.1) is 0 Å². The molecule has 0 aliphatic rings. The van der Waals surface area contributed by atoms with Gasteiger partial charge in [-0.1, -0.05) is 13.8 Å². The first-order chi connectivity index (χ1) is 7.72. The van der Waals surface area contributed by atoms with Crippen LogP contribution < -0.4 is 11.5 Å². The zero-order chi connectivity index (χ0) is 13.2. The van der Waals surface area contributed by atoms with Crippen LogP contribution in [0.25, 0.3) is 0 Å². The van der Waals surface area contributed by atoms with Crippen LogP contribution in [-0.2, 0) is 15.7 Å². The van der Waals surface area contributed by atoms with E-state index >= 15 is 0 Å². The van der Waals surface area contributed by atoms with Crippen LogP contribution >= 0.6 is 10.8 Å². The quantitative estimate of drug-likeness (QED) is 0.421. The summed E-state index contributed by atoms with van der Waals surface area (Å²) in [6.07, 6.45) is 0. The highest BCUT2D eigenvalue weighted by Crippen LogP contribution is 2.10. The van der Waals surface area contributed by atoms with Crippen LogP contribution in [0.1, 0.15) is 25.6 Å². The molecule has 0 fully saturated rings. The molecule has 0 spiro atoms. The van der Waals surface area contributed by atoms with Gasteiger partial charge in [0.1, 0.15) is 0 Å². The van der Waals surface area contributed by atoms with Gasteiger partial charge < -0.3 is 5.84 Å². The summed E-state index contributed by atoms with van der Waals surface area (Å²) in [5.41, 5.74) is -0.510. The first-order valence-electron chi connectivity index (χ1n) is 4.79. The van der Waals surface area contributed by atoms with Crippen molar-refractivity contribution in [1.82, 2.24) is 14.5 Å². The number of hydrogen-bond acceptors (Lipinski definition) is 6. The van der Waals surface area contributed by atoms with Crippen molar-refractivity contribution in [3.63, 3.8) is 0 Å². The van der Waals surface area contributed by atoms with Crippen molar-refractivity contribution in [2.24, 2.45) is 0 Å². The molecule has 3 N–H and O–H groups in total. The number of aromatic nitrogens is 3. The second kappa shape index (κ2) is 5.10. The fourth-order valence-electron chi connectivity index (χ4n) is 1.21. The van der Waals surface area contributed by atoms with Crippen molar-refractivity contribution >= 4 is 19.9 Å². The van der Waals surface area contributed by atoms with Crippen molar-refractivity contribution in [3.8, 4) is 0 Å². The number of hydrogen-bond donors (Lipinski definition) is 2. The molecule has 17 heavy (non-hydrogen) atoms. The predicted molar refractivity (Wildman–Crippen MR) is 64.7 cm³/mol. The summed E-state index contributed by atoms with van der Waals surface area (Å²) in [6, 6.07) is 0. The van der Waals surface area contributed by atoms with Crippen LogP contribution in [0.5, 0.6) is 0 Å². The maximum absolute atomic E-state index is 11.6. The molecular weight excluding hydrogens is 268 g/mol. The number of rotatable bonds is 5. The predicted octanol–water partition coefficient (Wildman–Crippen LogP) is -0.582. The number of nitrogen functional groups attached to an aromatic ring is 1. The number of nitrogens with zero attached hydrogens (tertiary/aromatic N) is 3. The third kappa shape index (κ3) is 3.75. The van der Waals surface area contributed by atoms with E-state index in [1.54, 1.807) is 0 Å². The van der Waals surface area contributed by atoms with Crippen LogP contribution in [0.2, 0.25) is 0 Å². The van der Waals surface area contributed by atoms with E-state index < -0.39 is 14.8 Å². The van der Waals surface area contributed by atoms with Gasteiger partial charge in [-0.25, -0.2) is 9.48 Å². The second-order valence-corrected chi connectivity index (χ2v) is 7.11. The van der Waals surface area contributed by atoms with Crippen molar-refractivity contribution in [2.75, 3.05) is 11.6 Å². The zero-order valence-corrected chi connectivity index (χ0v) is 11.0. The molecule has 0 saturated heterocycles. The SMILES string of the molecule is CC(C)c1nn(CCSS(=O)(=O)O)c(=O)n1N. The summed E-state index contributed by atoms with van der Waals surface area (Å²) in [7, 11) is -3.75. The van der Waals surface area contributed by atoms with Gasteiger partial charge >= 0.3 is 14.8 Å². The summed E-state index contributed by atoms with van der Waals surface area (Å²) in [4.78, 5) is 11.6. The largest absolute Gasteiger partial charge is 0.364 e. The average Bonchev–Trinajstić information content (AvgIpc) is 2.44. The van der Waals surface area contributed by atoms with Gasteiger partial charge in [0.15, 0.2) is 5.82 Å². The molecular formula is C7H14N4O4S2. The minimum atomic E-state index is -4.09. The molecule has 0 aliphatic heterocycles. The topological polar surface area (TPSA) is 120 Å². The summed E-state index contributed by atoms with van der Waals surface area (Å²) < 4.78 is 31.5. The highest BCUT2D eigenvalue weighted by molar-refractivity contribution is 8.69. The Kier molecular flexibility index (Phi) is 4.22. The molecule has 0 atom stereocenters. The van der Waals surface area contributed by atoms with Crippen LogP contribution in [0.3, 0.4) is 0 Å². The van der Waals surface area contributed by atoms with Crippen molar-refractivity contribution in [2.45, 2.75) is 26.3 Å². The van der Waals surface area contributed by atoms with Crippen LogP contribution in [0.15, 0.2) is 4.79 Å². The maximum atomic E-state index is 11.6. The first-order valence-corrected chi connectivity index (χ1v) is 7.73. The molecule has 0 aliphatic carbocycles. The fourth-order valence-corrected chi connectivity index (χ4v) is 2.52. The van der Waals surface area contributed by atoms with E-state index in [1.807, 2.05) is 13.8 Å². The summed E-state index contributed by atoms with van der Waals surface area (Å²) in [5.74, 6) is 5.94. The third-order valence-corrected chi connectivity index (χ3v) is 3.99. The smallest absolute Gasteiger partial charge is 0.333 e. The standard InChI is InChI=1S/C7H14N4O4S2/c1-5(2)6-9-10(7(12)11(6)8)3-4-16-17(13,14)15/h5H,3-4,8H2,1-2H3,(H,13,14,15). The van der Waals surface area contributed by atoms with E-state index in [-0.39, 0.29) is 18.2 Å². The molecule has 10 heteroatoms. The molecule has 0 unspecified atom stereocenters. The summed E-state index contributed by atoms with van der Waals surface area (Å²) >= 11 is 0. The highest BCUT2D eigenvalue weighted by Gasteiger charge is 2.14. The Labute approximate surface area is 102 Å². The summed E-state index contributed by atoms with van der Waals surface area (Å²) in [5, 5.41) is 3.98. The molecule has 0 bridgehead atoms. The molecule has 0 radical (unpaired) electrons. The fraction of sp³-hybridized carbons (Fsp3) is 0.714. The van der Waals surface area contributed by atoms with E-state index in [4.69, 9.17) is 10.4 Å². The van der Waals surface area contributed by atoms with Gasteiger partial charge in [-0.2, -0.15) is 18.2 Å². The van der Waals surface area contributed by atoms with Crippen molar-refractivity contribution in [1.29, 1.82) is 0 Å². The maximum Gasteiger partial charge on any atom is 0.364 e. The molecule has 1 aromatic heterocycles. The molecule has 0 amide bonds. The lowest BCUT2D eigenvalue weighted by atomic mass is 10.2. The van der Waals surface area contributed by atoms with E-state index in [0.29, 0.717) is 16.6 Å². The van der Waals surface area contributed by atoms with Gasteiger partial charge in [0.2, 0.25) is 0 Å². The Morgan fingerprint density at radius 1 is 1.53 bits per heavy atom. The molecule has 0 saturated carbocycles. The average molecular weight is 282 g/mol. The second-order valence-electron chi connectivity index (χ2n) is 3.64. The Bertz CT molecular complexity index is 545. The van der Waals surface area contributed by atoms with Gasteiger partial charge in [-0.05, 0) is 10.8 Å². The number of nitrogens with two attached hydrogens (primary N) is 1. The zero-order valence-electron chi connectivity index (χ0n) is 9.40. The van der Waals surface area contributed by atoms with E-state index in [9.17, 15) is 13.2 Å². The lowest BCUT2D eigenvalue weighted by molar-refractivity contribution is 0.502. The summed E-state index contributed by atoms with van der Waals surface area (Å²) in [6.45, 7) is 3.73. The molecule has 1 heterocycles.